The maximum Gasteiger partial charge on any atom is 0.317 e. The van der Waals surface area contributed by atoms with Gasteiger partial charge in [-0.05, 0) is 36.9 Å². The Kier molecular flexibility index (Phi) is 7.54. The first-order chi connectivity index (χ1) is 16.3. The molecular weight excluding hydrogens is 475 g/mol. The smallest absolute Gasteiger partial charge is 0.317 e. The molecule has 0 bridgehead atoms. The van der Waals surface area contributed by atoms with Gasteiger partial charge in [-0.25, -0.2) is 0 Å². The molecule has 0 fully saturated rings. The number of likely N-dealkylation sites (N-methyl/N-ethyl adjacent to an activating group) is 1. The second kappa shape index (κ2) is 10.6. The molecule has 1 aliphatic heterocycles. The largest absolute Gasteiger partial charge is 0.480 e. The summed E-state index contributed by atoms with van der Waals surface area (Å²) in [5.41, 5.74) is 3.04. The van der Waals surface area contributed by atoms with E-state index in [-0.39, 0.29) is 19.0 Å². The van der Waals surface area contributed by atoms with E-state index in [9.17, 15) is 14.7 Å². The average Bonchev–Trinajstić information content (AvgIpc) is 2.90. The van der Waals surface area contributed by atoms with E-state index in [0.717, 1.165) is 5.56 Å². The number of carboxylic acid groups (broad SMARTS) is 1. The minimum Gasteiger partial charge on any atom is -0.480 e. The third-order valence-corrected chi connectivity index (χ3v) is 6.24. The van der Waals surface area contributed by atoms with Gasteiger partial charge in [0.05, 0.1) is 18.8 Å². The summed E-state index contributed by atoms with van der Waals surface area (Å²) < 4.78 is 6.42. The first kappa shape index (κ1) is 24.2. The van der Waals surface area contributed by atoms with Crippen molar-refractivity contribution in [3.05, 3.63) is 99.5 Å². The van der Waals surface area contributed by atoms with Gasteiger partial charge >= 0.3 is 5.97 Å². The van der Waals surface area contributed by atoms with Crippen molar-refractivity contribution < 1.29 is 19.4 Å². The number of benzene rings is 3. The number of nitrogens with zero attached hydrogens (tertiary/aromatic N) is 2. The molecule has 1 heterocycles. The van der Waals surface area contributed by atoms with Crippen LogP contribution < -0.4 is 4.90 Å². The van der Waals surface area contributed by atoms with Gasteiger partial charge in [0.2, 0.25) is 0 Å². The second-order valence-electron chi connectivity index (χ2n) is 8.23. The van der Waals surface area contributed by atoms with Crippen LogP contribution in [0, 0.1) is 0 Å². The normalized spacial score (nSPS) is 18.0. The first-order valence-electron chi connectivity index (χ1n) is 10.8. The van der Waals surface area contributed by atoms with E-state index in [1.54, 1.807) is 35.0 Å². The number of aliphatic carboxylic acids is 1. The third-order valence-electron chi connectivity index (χ3n) is 5.66. The van der Waals surface area contributed by atoms with Crippen LogP contribution >= 0.6 is 23.2 Å². The van der Waals surface area contributed by atoms with Crippen molar-refractivity contribution in [1.82, 2.24) is 4.90 Å². The number of carbonyl (C=O) groups is 2. The number of rotatable bonds is 7. The Bertz CT molecular complexity index is 1190. The average molecular weight is 499 g/mol. The lowest BCUT2D eigenvalue weighted by atomic mass is 9.99. The maximum absolute atomic E-state index is 13.8. The molecule has 2 atom stereocenters. The van der Waals surface area contributed by atoms with Gasteiger partial charge in [-0.2, -0.15) is 0 Å². The molecule has 0 radical (unpaired) electrons. The molecule has 3 aromatic carbocycles. The van der Waals surface area contributed by atoms with Gasteiger partial charge in [-0.15, -0.1) is 0 Å². The van der Waals surface area contributed by atoms with E-state index in [1.165, 1.54) is 0 Å². The van der Waals surface area contributed by atoms with Crippen molar-refractivity contribution in [3.8, 4) is 0 Å². The van der Waals surface area contributed by atoms with Crippen LogP contribution in [0.1, 0.15) is 22.8 Å². The lowest BCUT2D eigenvalue weighted by Gasteiger charge is -2.27. The van der Waals surface area contributed by atoms with Crippen LogP contribution in [0.2, 0.25) is 10.0 Å². The van der Waals surface area contributed by atoms with E-state index in [2.05, 4.69) is 0 Å². The molecule has 0 saturated carbocycles. The molecule has 1 aliphatic rings. The summed E-state index contributed by atoms with van der Waals surface area (Å²) in [4.78, 5) is 28.3. The molecule has 8 heteroatoms. The predicted octanol–water partition coefficient (Wildman–Crippen LogP) is 5.03. The monoisotopic (exact) mass is 498 g/mol. The molecular formula is C26H24Cl2N2O4. The number of anilines is 1. The number of halogens is 2. The number of hydrogen-bond donors (Lipinski definition) is 1. The zero-order chi connectivity index (χ0) is 24.2. The lowest BCUT2D eigenvalue weighted by molar-refractivity contribution is -0.140. The zero-order valence-electron chi connectivity index (χ0n) is 18.5. The van der Waals surface area contributed by atoms with E-state index in [1.807, 2.05) is 54.6 Å². The molecule has 1 amide bonds. The summed E-state index contributed by atoms with van der Waals surface area (Å²) in [6.07, 6.45) is -1.60. The molecule has 0 unspecified atom stereocenters. The number of amides is 1. The lowest BCUT2D eigenvalue weighted by Crippen LogP contribution is -2.45. The fourth-order valence-electron chi connectivity index (χ4n) is 4.13. The van der Waals surface area contributed by atoms with Crippen LogP contribution in [-0.4, -0.2) is 48.1 Å². The fraction of sp³-hybridized carbons (Fsp3) is 0.231. The van der Waals surface area contributed by atoms with Crippen molar-refractivity contribution in [2.24, 2.45) is 0 Å². The van der Waals surface area contributed by atoms with Crippen LogP contribution in [0.4, 0.5) is 5.69 Å². The molecule has 0 aromatic heterocycles. The molecule has 34 heavy (non-hydrogen) atoms. The van der Waals surface area contributed by atoms with Crippen molar-refractivity contribution >= 4 is 40.8 Å². The summed E-state index contributed by atoms with van der Waals surface area (Å²) in [5.74, 6) is -1.25. The molecule has 3 aromatic rings. The Morgan fingerprint density at radius 2 is 1.74 bits per heavy atom. The van der Waals surface area contributed by atoms with Crippen LogP contribution in [0.15, 0.2) is 72.8 Å². The van der Waals surface area contributed by atoms with Gasteiger partial charge in [0, 0.05) is 27.7 Å². The maximum atomic E-state index is 13.8. The van der Waals surface area contributed by atoms with Crippen LogP contribution in [0.25, 0.3) is 0 Å². The van der Waals surface area contributed by atoms with Crippen molar-refractivity contribution in [2.45, 2.75) is 18.8 Å². The number of hydrogen-bond acceptors (Lipinski definition) is 4. The standard InChI is InChI=1S/C26H24Cl2N2O4/c1-29(16-24(31)32)15-23-26(33)30(14-17-7-3-2-4-8-17)22-12-11-18(27)13-20(22)25(34-23)19-9-5-6-10-21(19)28/h2-13,23,25H,14-16H2,1H3,(H,31,32)/t23-,25-/m1/s1. The van der Waals surface area contributed by atoms with Gasteiger partial charge < -0.3 is 14.7 Å². The summed E-state index contributed by atoms with van der Waals surface area (Å²) in [7, 11) is 1.64. The van der Waals surface area contributed by atoms with Gasteiger partial charge in [-0.3, -0.25) is 14.5 Å². The van der Waals surface area contributed by atoms with Crippen molar-refractivity contribution in [1.29, 1.82) is 0 Å². The van der Waals surface area contributed by atoms with E-state index >= 15 is 0 Å². The van der Waals surface area contributed by atoms with Crippen LogP contribution in [-0.2, 0) is 20.9 Å². The van der Waals surface area contributed by atoms with Crippen molar-refractivity contribution in [2.75, 3.05) is 25.0 Å². The number of ether oxygens (including phenoxy) is 1. The Balaban J connectivity index is 1.83. The molecule has 6 nitrogen and oxygen atoms in total. The summed E-state index contributed by atoms with van der Waals surface area (Å²) in [6.45, 7) is 0.201. The van der Waals surface area contributed by atoms with Crippen molar-refractivity contribution in [3.63, 3.8) is 0 Å². The first-order valence-corrected chi connectivity index (χ1v) is 11.5. The molecule has 176 valence electrons. The summed E-state index contributed by atoms with van der Waals surface area (Å²) in [5, 5.41) is 10.2. The Morgan fingerprint density at radius 1 is 1.03 bits per heavy atom. The SMILES string of the molecule is CN(CC(=O)O)C[C@H]1O[C@H](c2ccccc2Cl)c2cc(Cl)ccc2N(Cc2ccccc2)C1=O. The Hall–Kier alpha value is -2.90. The highest BCUT2D eigenvalue weighted by Crippen LogP contribution is 2.42. The minimum absolute atomic E-state index is 0.0963. The predicted molar refractivity (Wildman–Crippen MR) is 132 cm³/mol. The highest BCUT2D eigenvalue weighted by Gasteiger charge is 2.38. The van der Waals surface area contributed by atoms with Gasteiger partial charge in [0.25, 0.3) is 5.91 Å². The summed E-state index contributed by atoms with van der Waals surface area (Å²) in [6, 6.07) is 22.3. The third kappa shape index (κ3) is 5.42. The topological polar surface area (TPSA) is 70.1 Å². The van der Waals surface area contributed by atoms with Crippen LogP contribution in [0.3, 0.4) is 0 Å². The molecule has 0 saturated heterocycles. The summed E-state index contributed by atoms with van der Waals surface area (Å²) >= 11 is 12.9. The fourth-order valence-corrected chi connectivity index (χ4v) is 4.54. The van der Waals surface area contributed by atoms with Gasteiger partial charge in [0.1, 0.15) is 6.10 Å². The highest BCUT2D eigenvalue weighted by atomic mass is 35.5. The van der Waals surface area contributed by atoms with E-state index in [4.69, 9.17) is 27.9 Å². The quantitative estimate of drug-likeness (QED) is 0.494. The molecule has 0 aliphatic carbocycles. The number of carboxylic acids is 1. The molecule has 4 rings (SSSR count). The Morgan fingerprint density at radius 3 is 2.44 bits per heavy atom. The number of fused-ring (bicyclic) bond motifs is 1. The van der Waals surface area contributed by atoms with Gasteiger partial charge in [-0.1, -0.05) is 71.7 Å². The highest BCUT2D eigenvalue weighted by molar-refractivity contribution is 6.31. The zero-order valence-corrected chi connectivity index (χ0v) is 20.0. The van der Waals surface area contributed by atoms with E-state index < -0.39 is 18.2 Å². The molecule has 1 N–H and O–H groups in total. The van der Waals surface area contributed by atoms with Gasteiger partial charge in [0.15, 0.2) is 6.10 Å². The Labute approximate surface area is 208 Å². The second-order valence-corrected chi connectivity index (χ2v) is 9.07. The van der Waals surface area contributed by atoms with E-state index in [0.29, 0.717) is 33.4 Å². The van der Waals surface area contributed by atoms with Crippen LogP contribution in [0.5, 0.6) is 0 Å². The molecule has 0 spiro atoms. The number of carbonyl (C=O) groups excluding carboxylic acids is 1. The minimum atomic E-state index is -0.984.